The second-order valence-electron chi connectivity index (χ2n) is 3.97. The predicted octanol–water partition coefficient (Wildman–Crippen LogP) is 3.79. The Morgan fingerprint density at radius 1 is 0.842 bits per heavy atom. The van der Waals surface area contributed by atoms with Gasteiger partial charge in [-0.25, -0.2) is 22.5 Å². The molecular formula is C13H6F4N2. The number of nitrogens with one attached hydrogen (secondary N) is 1. The largest absolute Gasteiger partial charge is 0.338 e. The summed E-state index contributed by atoms with van der Waals surface area (Å²) >= 11 is 0. The van der Waals surface area contributed by atoms with Crippen molar-refractivity contribution in [2.24, 2.45) is 0 Å². The average molecular weight is 266 g/mol. The molecule has 96 valence electrons. The Hall–Kier alpha value is -2.37. The third-order valence-electron chi connectivity index (χ3n) is 2.74. The predicted molar refractivity (Wildman–Crippen MR) is 61.4 cm³/mol. The van der Waals surface area contributed by atoms with Crippen LogP contribution in [0.15, 0.2) is 30.3 Å². The molecule has 0 bridgehead atoms. The molecule has 0 radical (unpaired) electrons. The molecule has 3 aromatic rings. The molecule has 1 heterocycles. The van der Waals surface area contributed by atoms with Crippen LogP contribution in [0.5, 0.6) is 0 Å². The molecule has 0 atom stereocenters. The third kappa shape index (κ3) is 1.85. The van der Waals surface area contributed by atoms with Crippen molar-refractivity contribution >= 4 is 11.0 Å². The number of H-pyrrole nitrogens is 1. The maximum atomic E-state index is 13.5. The first kappa shape index (κ1) is 11.7. The van der Waals surface area contributed by atoms with Crippen LogP contribution in [0, 0.1) is 23.3 Å². The smallest absolute Gasteiger partial charge is 0.186 e. The lowest BCUT2D eigenvalue weighted by Gasteiger charge is -1.97. The van der Waals surface area contributed by atoms with E-state index in [-0.39, 0.29) is 22.4 Å². The Bertz CT molecular complexity index is 780. The van der Waals surface area contributed by atoms with Crippen molar-refractivity contribution in [2.75, 3.05) is 0 Å². The molecule has 0 aliphatic carbocycles. The van der Waals surface area contributed by atoms with Crippen molar-refractivity contribution in [3.05, 3.63) is 53.6 Å². The van der Waals surface area contributed by atoms with Crippen LogP contribution in [0.25, 0.3) is 22.4 Å². The van der Waals surface area contributed by atoms with Gasteiger partial charge in [-0.2, -0.15) is 0 Å². The van der Waals surface area contributed by atoms with E-state index in [0.29, 0.717) is 0 Å². The molecule has 6 heteroatoms. The third-order valence-corrected chi connectivity index (χ3v) is 2.74. The lowest BCUT2D eigenvalue weighted by molar-refractivity contribution is 0.509. The Labute approximate surface area is 104 Å². The van der Waals surface area contributed by atoms with E-state index in [1.54, 1.807) is 0 Å². The zero-order valence-corrected chi connectivity index (χ0v) is 9.35. The fourth-order valence-electron chi connectivity index (χ4n) is 1.80. The summed E-state index contributed by atoms with van der Waals surface area (Å²) in [5, 5.41) is 0. The molecule has 3 rings (SSSR count). The Morgan fingerprint density at radius 3 is 2.32 bits per heavy atom. The first-order valence-corrected chi connectivity index (χ1v) is 5.35. The molecule has 0 aliphatic heterocycles. The molecule has 2 aromatic carbocycles. The van der Waals surface area contributed by atoms with E-state index in [9.17, 15) is 17.6 Å². The molecule has 0 unspecified atom stereocenters. The minimum Gasteiger partial charge on any atom is -0.338 e. The van der Waals surface area contributed by atoms with Gasteiger partial charge < -0.3 is 4.98 Å². The second-order valence-corrected chi connectivity index (χ2v) is 3.97. The van der Waals surface area contributed by atoms with Gasteiger partial charge in [-0.05, 0) is 30.3 Å². The summed E-state index contributed by atoms with van der Waals surface area (Å²) in [6.45, 7) is 0. The van der Waals surface area contributed by atoms with Gasteiger partial charge in [-0.15, -0.1) is 0 Å². The molecule has 0 fully saturated rings. The number of halogens is 4. The molecular weight excluding hydrogens is 260 g/mol. The van der Waals surface area contributed by atoms with Crippen LogP contribution in [0.4, 0.5) is 17.6 Å². The summed E-state index contributed by atoms with van der Waals surface area (Å²) in [5.41, 5.74) is 0.341. The van der Waals surface area contributed by atoms with Crippen molar-refractivity contribution in [2.45, 2.75) is 0 Å². The number of aromatic nitrogens is 2. The molecule has 0 spiro atoms. The van der Waals surface area contributed by atoms with Crippen molar-refractivity contribution in [1.29, 1.82) is 0 Å². The summed E-state index contributed by atoms with van der Waals surface area (Å²) < 4.78 is 52.5. The van der Waals surface area contributed by atoms with Gasteiger partial charge in [0.2, 0.25) is 0 Å². The number of aromatic amines is 1. The summed E-state index contributed by atoms with van der Waals surface area (Å²) in [4.78, 5) is 6.57. The highest BCUT2D eigenvalue weighted by atomic mass is 19.2. The van der Waals surface area contributed by atoms with Crippen LogP contribution in [-0.4, -0.2) is 9.97 Å². The monoisotopic (exact) mass is 266 g/mol. The molecule has 0 saturated carbocycles. The van der Waals surface area contributed by atoms with Crippen LogP contribution in [0.3, 0.4) is 0 Å². The Kier molecular flexibility index (Phi) is 2.51. The topological polar surface area (TPSA) is 28.7 Å². The number of benzene rings is 2. The van der Waals surface area contributed by atoms with Gasteiger partial charge in [0.05, 0.1) is 5.52 Å². The molecule has 19 heavy (non-hydrogen) atoms. The summed E-state index contributed by atoms with van der Waals surface area (Å²) in [7, 11) is 0. The second kappa shape index (κ2) is 4.08. The molecule has 2 nitrogen and oxygen atoms in total. The number of hydrogen-bond donors (Lipinski definition) is 1. The van der Waals surface area contributed by atoms with Crippen LogP contribution in [0.2, 0.25) is 0 Å². The van der Waals surface area contributed by atoms with Gasteiger partial charge in [0.25, 0.3) is 0 Å². The zero-order chi connectivity index (χ0) is 13.6. The van der Waals surface area contributed by atoms with Crippen molar-refractivity contribution in [1.82, 2.24) is 9.97 Å². The van der Waals surface area contributed by atoms with E-state index in [1.165, 1.54) is 12.1 Å². The van der Waals surface area contributed by atoms with Crippen molar-refractivity contribution < 1.29 is 17.6 Å². The van der Waals surface area contributed by atoms with E-state index in [4.69, 9.17) is 0 Å². The fraction of sp³-hybridized carbons (Fsp3) is 0. The number of hydrogen-bond acceptors (Lipinski definition) is 1. The van der Waals surface area contributed by atoms with E-state index in [2.05, 4.69) is 9.97 Å². The summed E-state index contributed by atoms with van der Waals surface area (Å²) in [6.07, 6.45) is 0. The first-order chi connectivity index (χ1) is 9.06. The number of rotatable bonds is 1. The van der Waals surface area contributed by atoms with Crippen molar-refractivity contribution in [3.63, 3.8) is 0 Å². The highest BCUT2D eigenvalue weighted by Gasteiger charge is 2.13. The van der Waals surface area contributed by atoms with Gasteiger partial charge in [0.1, 0.15) is 11.3 Å². The standard InChI is InChI=1S/C13H6F4N2/c14-7-2-1-6(5-9(7)16)13-18-10-4-3-8(15)11(17)12(10)19-13/h1-5H,(H,18,19). The van der Waals surface area contributed by atoms with Crippen LogP contribution >= 0.6 is 0 Å². The zero-order valence-electron chi connectivity index (χ0n) is 9.35. The van der Waals surface area contributed by atoms with Gasteiger partial charge in [0.15, 0.2) is 23.3 Å². The highest BCUT2D eigenvalue weighted by molar-refractivity contribution is 5.80. The SMILES string of the molecule is Fc1ccc(-c2nc3c(F)c(F)ccc3[nH]2)cc1F. The molecule has 0 amide bonds. The van der Waals surface area contributed by atoms with Gasteiger partial charge >= 0.3 is 0 Å². The molecule has 0 saturated heterocycles. The molecule has 1 aromatic heterocycles. The van der Waals surface area contributed by atoms with Gasteiger partial charge in [-0.1, -0.05) is 0 Å². The number of nitrogens with zero attached hydrogens (tertiary/aromatic N) is 1. The Balaban J connectivity index is 2.20. The maximum absolute atomic E-state index is 13.5. The molecule has 0 aliphatic rings. The highest BCUT2D eigenvalue weighted by Crippen LogP contribution is 2.24. The van der Waals surface area contributed by atoms with E-state index >= 15 is 0 Å². The lowest BCUT2D eigenvalue weighted by atomic mass is 10.2. The molecule has 1 N–H and O–H groups in total. The number of imidazole rings is 1. The van der Waals surface area contributed by atoms with Crippen molar-refractivity contribution in [3.8, 4) is 11.4 Å². The number of fused-ring (bicyclic) bond motifs is 1. The Morgan fingerprint density at radius 2 is 1.58 bits per heavy atom. The van der Waals surface area contributed by atoms with E-state index < -0.39 is 23.3 Å². The normalized spacial score (nSPS) is 11.2. The van der Waals surface area contributed by atoms with E-state index in [0.717, 1.165) is 18.2 Å². The maximum Gasteiger partial charge on any atom is 0.186 e. The summed E-state index contributed by atoms with van der Waals surface area (Å²) in [6, 6.07) is 5.45. The van der Waals surface area contributed by atoms with Gasteiger partial charge in [0, 0.05) is 5.56 Å². The first-order valence-electron chi connectivity index (χ1n) is 5.35. The summed E-state index contributed by atoms with van der Waals surface area (Å²) in [5.74, 6) is -3.99. The minimum absolute atomic E-state index is 0.137. The quantitative estimate of drug-likeness (QED) is 0.667. The minimum atomic E-state index is -1.08. The van der Waals surface area contributed by atoms with Crippen LogP contribution < -0.4 is 0 Å². The van der Waals surface area contributed by atoms with Crippen LogP contribution in [-0.2, 0) is 0 Å². The van der Waals surface area contributed by atoms with Crippen LogP contribution in [0.1, 0.15) is 0 Å². The average Bonchev–Trinajstić information content (AvgIpc) is 2.82. The fourth-order valence-corrected chi connectivity index (χ4v) is 1.80. The lowest BCUT2D eigenvalue weighted by Crippen LogP contribution is -1.87. The van der Waals surface area contributed by atoms with Gasteiger partial charge in [-0.3, -0.25) is 0 Å². The van der Waals surface area contributed by atoms with E-state index in [1.807, 2.05) is 0 Å².